The van der Waals surface area contributed by atoms with Crippen LogP contribution in [0.25, 0.3) is 11.0 Å². The van der Waals surface area contributed by atoms with Gasteiger partial charge in [0.15, 0.2) is 5.58 Å². The molecule has 0 radical (unpaired) electrons. The molecular formula is C34H40FN4O4+. The average Bonchev–Trinajstić information content (AvgIpc) is 3.43. The number of piperidine rings is 1. The van der Waals surface area contributed by atoms with Crippen LogP contribution in [0.2, 0.25) is 0 Å². The van der Waals surface area contributed by atoms with Crippen molar-refractivity contribution < 1.29 is 22.9 Å². The van der Waals surface area contributed by atoms with Crippen LogP contribution in [0.15, 0.2) is 57.8 Å². The fraction of sp³-hybridized carbons (Fsp3) is 0.471. The third-order valence-electron chi connectivity index (χ3n) is 9.64. The van der Waals surface area contributed by atoms with Crippen LogP contribution in [-0.2, 0) is 34.3 Å². The molecule has 0 aliphatic carbocycles. The van der Waals surface area contributed by atoms with Crippen molar-refractivity contribution in [2.75, 3.05) is 26.4 Å². The first-order valence-electron chi connectivity index (χ1n) is 15.4. The van der Waals surface area contributed by atoms with E-state index in [1.807, 2.05) is 55.7 Å². The standard InChI is InChI=1S/C34H40FN4O4/c1-23-27(32(40)38-17-8-7-11-30(38)36-23)16-20-39(22-42-33(41)34(2,3)25-9-5-4-6-10-25)18-14-24(15-19-39)31-28-13-12-26(35)21-29(28)43-37-31/h4-6,9-10,12-13,21,24H,7-8,11,14-20,22H2,1-3H3/q+1. The number of esters is 1. The fourth-order valence-electron chi connectivity index (χ4n) is 6.75. The van der Waals surface area contributed by atoms with Gasteiger partial charge in [0, 0.05) is 60.9 Å². The van der Waals surface area contributed by atoms with E-state index in [4.69, 9.17) is 14.2 Å². The summed E-state index contributed by atoms with van der Waals surface area (Å²) in [5.74, 6) is 0.415. The van der Waals surface area contributed by atoms with Crippen molar-refractivity contribution in [3.8, 4) is 0 Å². The summed E-state index contributed by atoms with van der Waals surface area (Å²) in [5, 5.41) is 5.16. The molecule has 2 aliphatic heterocycles. The van der Waals surface area contributed by atoms with Crippen molar-refractivity contribution in [2.24, 2.45) is 0 Å². The van der Waals surface area contributed by atoms with Gasteiger partial charge in [-0.3, -0.25) is 18.6 Å². The Morgan fingerprint density at radius 2 is 1.91 bits per heavy atom. The van der Waals surface area contributed by atoms with Crippen molar-refractivity contribution in [1.29, 1.82) is 0 Å². The molecule has 2 aliphatic rings. The van der Waals surface area contributed by atoms with Crippen LogP contribution in [-0.4, -0.2) is 51.5 Å². The largest absolute Gasteiger partial charge is 0.414 e. The maximum absolute atomic E-state index is 13.7. The van der Waals surface area contributed by atoms with Crippen molar-refractivity contribution in [3.05, 3.63) is 93.0 Å². The first-order chi connectivity index (χ1) is 20.7. The minimum atomic E-state index is -0.795. The lowest BCUT2D eigenvalue weighted by Crippen LogP contribution is -2.56. The number of fused-ring (bicyclic) bond motifs is 2. The molecule has 4 aromatic rings. The average molecular weight is 588 g/mol. The lowest BCUT2D eigenvalue weighted by Gasteiger charge is -2.43. The highest BCUT2D eigenvalue weighted by Crippen LogP contribution is 2.36. The van der Waals surface area contributed by atoms with E-state index < -0.39 is 5.41 Å². The van der Waals surface area contributed by atoms with Crippen molar-refractivity contribution in [2.45, 2.75) is 77.2 Å². The van der Waals surface area contributed by atoms with Gasteiger partial charge in [-0.05, 0) is 51.3 Å². The lowest BCUT2D eigenvalue weighted by atomic mass is 9.85. The Balaban J connectivity index is 1.23. The summed E-state index contributed by atoms with van der Waals surface area (Å²) < 4.78 is 27.7. The first kappa shape index (κ1) is 29.2. The number of rotatable bonds is 8. The predicted octanol–water partition coefficient (Wildman–Crippen LogP) is 5.58. The topological polar surface area (TPSA) is 87.2 Å². The van der Waals surface area contributed by atoms with E-state index in [2.05, 4.69) is 5.16 Å². The summed E-state index contributed by atoms with van der Waals surface area (Å²) in [6.45, 7) is 8.82. The van der Waals surface area contributed by atoms with Gasteiger partial charge in [-0.2, -0.15) is 0 Å². The summed E-state index contributed by atoms with van der Waals surface area (Å²) in [6.07, 6.45) is 5.07. The Hall–Kier alpha value is -3.85. The van der Waals surface area contributed by atoms with Crippen LogP contribution in [0.1, 0.15) is 73.8 Å². The monoisotopic (exact) mass is 587 g/mol. The van der Waals surface area contributed by atoms with E-state index in [-0.39, 0.29) is 30.0 Å². The number of hydrogen-bond donors (Lipinski definition) is 0. The molecule has 8 nitrogen and oxygen atoms in total. The van der Waals surface area contributed by atoms with Crippen LogP contribution < -0.4 is 5.56 Å². The third kappa shape index (κ3) is 5.75. The molecule has 226 valence electrons. The van der Waals surface area contributed by atoms with Crippen LogP contribution in [0.3, 0.4) is 0 Å². The number of benzene rings is 2. The highest BCUT2D eigenvalue weighted by atomic mass is 19.1. The van der Waals surface area contributed by atoms with E-state index in [0.717, 1.165) is 85.5 Å². The second kappa shape index (κ2) is 11.7. The molecule has 0 N–H and O–H groups in total. The van der Waals surface area contributed by atoms with E-state index >= 15 is 0 Å². The Morgan fingerprint density at radius 3 is 2.67 bits per heavy atom. The van der Waals surface area contributed by atoms with Gasteiger partial charge in [0.1, 0.15) is 11.6 Å². The van der Waals surface area contributed by atoms with Crippen LogP contribution in [0, 0.1) is 12.7 Å². The molecule has 0 bridgehead atoms. The number of hydrogen-bond acceptors (Lipinski definition) is 6. The summed E-state index contributed by atoms with van der Waals surface area (Å²) in [6, 6.07) is 14.2. The van der Waals surface area contributed by atoms with Gasteiger partial charge in [0.25, 0.3) is 5.56 Å². The van der Waals surface area contributed by atoms with Crippen molar-refractivity contribution >= 4 is 16.9 Å². The Labute approximate surface area is 251 Å². The quantitative estimate of drug-likeness (QED) is 0.198. The first-order valence-corrected chi connectivity index (χ1v) is 15.4. The number of carbonyl (C=O) groups excluding carboxylic acids is 1. The lowest BCUT2D eigenvalue weighted by molar-refractivity contribution is -0.948. The number of nitrogens with zero attached hydrogens (tertiary/aromatic N) is 4. The molecule has 6 rings (SSSR count). The molecular weight excluding hydrogens is 547 g/mol. The second-order valence-electron chi connectivity index (χ2n) is 12.8. The van der Waals surface area contributed by atoms with Crippen LogP contribution in [0.5, 0.6) is 0 Å². The molecule has 2 aromatic heterocycles. The predicted molar refractivity (Wildman–Crippen MR) is 161 cm³/mol. The van der Waals surface area contributed by atoms with E-state index in [9.17, 15) is 14.0 Å². The van der Waals surface area contributed by atoms with Crippen LogP contribution in [0.4, 0.5) is 4.39 Å². The number of ether oxygens (including phenoxy) is 1. The summed E-state index contributed by atoms with van der Waals surface area (Å²) in [7, 11) is 0. The summed E-state index contributed by atoms with van der Waals surface area (Å²) >= 11 is 0. The number of likely N-dealkylation sites (tertiary alicyclic amines) is 1. The maximum Gasteiger partial charge on any atom is 0.320 e. The van der Waals surface area contributed by atoms with Gasteiger partial charge in [0.05, 0.1) is 30.7 Å². The third-order valence-corrected chi connectivity index (χ3v) is 9.64. The normalized spacial score (nSPS) is 20.6. The Morgan fingerprint density at radius 1 is 1.14 bits per heavy atom. The number of aromatic nitrogens is 3. The maximum atomic E-state index is 13.7. The molecule has 1 saturated heterocycles. The van der Waals surface area contributed by atoms with E-state index in [1.54, 1.807) is 6.07 Å². The Kier molecular flexibility index (Phi) is 7.94. The van der Waals surface area contributed by atoms with Crippen LogP contribution >= 0.6 is 0 Å². The molecule has 0 atom stereocenters. The van der Waals surface area contributed by atoms with Gasteiger partial charge in [-0.25, -0.2) is 9.37 Å². The van der Waals surface area contributed by atoms with Gasteiger partial charge >= 0.3 is 5.97 Å². The van der Waals surface area contributed by atoms with Crippen molar-refractivity contribution in [1.82, 2.24) is 14.7 Å². The minimum Gasteiger partial charge on any atom is -0.414 e. The smallest absolute Gasteiger partial charge is 0.320 e. The molecule has 9 heteroatoms. The molecule has 1 fully saturated rings. The van der Waals surface area contributed by atoms with E-state index in [1.165, 1.54) is 12.1 Å². The second-order valence-corrected chi connectivity index (χ2v) is 12.8. The zero-order chi connectivity index (χ0) is 30.2. The van der Waals surface area contributed by atoms with Crippen molar-refractivity contribution in [3.63, 3.8) is 0 Å². The van der Waals surface area contributed by atoms with Gasteiger partial charge in [-0.1, -0.05) is 35.5 Å². The molecule has 4 heterocycles. The van der Waals surface area contributed by atoms with Gasteiger partial charge in [0.2, 0.25) is 6.73 Å². The number of halogens is 1. The summed E-state index contributed by atoms with van der Waals surface area (Å²) in [4.78, 5) is 31.8. The fourth-order valence-corrected chi connectivity index (χ4v) is 6.75. The molecule has 43 heavy (non-hydrogen) atoms. The molecule has 0 spiro atoms. The number of quaternary nitrogens is 1. The molecule has 0 unspecified atom stereocenters. The highest BCUT2D eigenvalue weighted by Gasteiger charge is 2.39. The number of carbonyl (C=O) groups is 1. The molecule has 0 saturated carbocycles. The summed E-state index contributed by atoms with van der Waals surface area (Å²) in [5.41, 5.74) is 3.04. The van der Waals surface area contributed by atoms with E-state index in [0.29, 0.717) is 23.0 Å². The SMILES string of the molecule is Cc1nc2n(c(=O)c1CC[N+]1(COC(=O)C(C)(C)c3ccccc3)CCC(c3noc4cc(F)ccc34)CC1)CCCC2. The zero-order valence-electron chi connectivity index (χ0n) is 25.3. The van der Waals surface area contributed by atoms with Gasteiger partial charge in [-0.15, -0.1) is 0 Å². The minimum absolute atomic E-state index is 0.0683. The molecule has 0 amide bonds. The zero-order valence-corrected chi connectivity index (χ0v) is 25.3. The number of aryl methyl sites for hydroxylation is 2. The Bertz CT molecular complexity index is 1690. The highest BCUT2D eigenvalue weighted by molar-refractivity contribution is 5.82. The van der Waals surface area contributed by atoms with Gasteiger partial charge < -0.3 is 9.26 Å². The molecule has 2 aromatic carbocycles.